The summed E-state index contributed by atoms with van der Waals surface area (Å²) in [5, 5.41) is 3.28. The van der Waals surface area contributed by atoms with Crippen molar-refractivity contribution < 1.29 is 14.3 Å². The van der Waals surface area contributed by atoms with Crippen LogP contribution in [-0.2, 0) is 14.3 Å². The minimum absolute atomic E-state index is 0.000755. The highest BCUT2D eigenvalue weighted by molar-refractivity contribution is 6.05. The third-order valence-electron chi connectivity index (χ3n) is 4.80. The summed E-state index contributed by atoms with van der Waals surface area (Å²) in [5.74, 6) is 0.504. The van der Waals surface area contributed by atoms with Crippen molar-refractivity contribution >= 4 is 11.8 Å². The number of amides is 2. The number of nitrogens with zero attached hydrogens (tertiary/aromatic N) is 1. The third kappa shape index (κ3) is 2.88. The maximum atomic E-state index is 12.4. The Morgan fingerprint density at radius 3 is 2.65 bits per heavy atom. The molecule has 2 unspecified atom stereocenters. The molecule has 2 heterocycles. The van der Waals surface area contributed by atoms with E-state index in [1.54, 1.807) is 4.90 Å². The van der Waals surface area contributed by atoms with Gasteiger partial charge < -0.3 is 10.1 Å². The van der Waals surface area contributed by atoms with Gasteiger partial charge in [0.2, 0.25) is 11.8 Å². The lowest BCUT2D eigenvalue weighted by Gasteiger charge is -2.29. The first-order valence-electron chi connectivity index (χ1n) is 7.92. The molecule has 1 aliphatic carbocycles. The van der Waals surface area contributed by atoms with Crippen molar-refractivity contribution in [3.8, 4) is 0 Å². The number of nitrogens with one attached hydrogen (secondary N) is 1. The number of carbonyl (C=O) groups is 2. The van der Waals surface area contributed by atoms with Crippen LogP contribution in [0.3, 0.4) is 0 Å². The van der Waals surface area contributed by atoms with Crippen LogP contribution in [0.4, 0.5) is 0 Å². The minimum atomic E-state index is -0.301. The highest BCUT2D eigenvalue weighted by Crippen LogP contribution is 2.27. The Bertz CT molecular complexity index is 373. The second kappa shape index (κ2) is 6.22. The van der Waals surface area contributed by atoms with Gasteiger partial charge in [-0.1, -0.05) is 19.3 Å². The molecule has 0 spiro atoms. The molecule has 0 aromatic heterocycles. The lowest BCUT2D eigenvalue weighted by atomic mass is 9.94. The highest BCUT2D eigenvalue weighted by Gasteiger charge is 2.42. The van der Waals surface area contributed by atoms with Crippen LogP contribution in [0.5, 0.6) is 0 Å². The highest BCUT2D eigenvalue weighted by atomic mass is 16.5. The van der Waals surface area contributed by atoms with Crippen molar-refractivity contribution in [3.05, 3.63) is 0 Å². The lowest BCUT2D eigenvalue weighted by Crippen LogP contribution is -2.45. The van der Waals surface area contributed by atoms with Gasteiger partial charge in [0.15, 0.2) is 0 Å². The third-order valence-corrected chi connectivity index (χ3v) is 4.80. The molecule has 0 aromatic carbocycles. The maximum absolute atomic E-state index is 12.4. The van der Waals surface area contributed by atoms with Gasteiger partial charge in [-0.05, 0) is 25.2 Å². The molecule has 3 rings (SSSR count). The van der Waals surface area contributed by atoms with E-state index in [0.717, 1.165) is 51.9 Å². The summed E-state index contributed by atoms with van der Waals surface area (Å²) >= 11 is 0. The van der Waals surface area contributed by atoms with Crippen LogP contribution >= 0.6 is 0 Å². The van der Waals surface area contributed by atoms with Crippen LogP contribution in [0.2, 0.25) is 0 Å². The zero-order valence-corrected chi connectivity index (χ0v) is 12.0. The van der Waals surface area contributed by atoms with E-state index in [2.05, 4.69) is 5.32 Å². The van der Waals surface area contributed by atoms with Crippen LogP contribution in [0.15, 0.2) is 0 Å². The van der Waals surface area contributed by atoms with E-state index < -0.39 is 0 Å². The van der Waals surface area contributed by atoms with Gasteiger partial charge in [0.1, 0.15) is 0 Å². The van der Waals surface area contributed by atoms with Crippen molar-refractivity contribution in [2.75, 3.05) is 19.8 Å². The molecule has 5 heteroatoms. The molecule has 112 valence electrons. The fourth-order valence-electron chi connectivity index (χ4n) is 3.59. The van der Waals surface area contributed by atoms with E-state index in [0.29, 0.717) is 12.3 Å². The fraction of sp³-hybridized carbons (Fsp3) is 0.867. The molecule has 3 aliphatic rings. The van der Waals surface area contributed by atoms with Gasteiger partial charge in [0.25, 0.3) is 0 Å². The zero-order chi connectivity index (χ0) is 13.9. The van der Waals surface area contributed by atoms with E-state index in [1.165, 1.54) is 6.42 Å². The van der Waals surface area contributed by atoms with Gasteiger partial charge in [-0.3, -0.25) is 14.5 Å². The number of carbonyl (C=O) groups excluding carboxylic acids is 2. The van der Waals surface area contributed by atoms with Gasteiger partial charge in [0.05, 0.1) is 19.1 Å². The van der Waals surface area contributed by atoms with Crippen molar-refractivity contribution in [2.24, 2.45) is 5.92 Å². The Morgan fingerprint density at radius 2 is 1.95 bits per heavy atom. The van der Waals surface area contributed by atoms with Crippen molar-refractivity contribution in [1.29, 1.82) is 0 Å². The van der Waals surface area contributed by atoms with Crippen molar-refractivity contribution in [1.82, 2.24) is 10.2 Å². The van der Waals surface area contributed by atoms with E-state index in [1.807, 2.05) is 0 Å². The summed E-state index contributed by atoms with van der Waals surface area (Å²) in [4.78, 5) is 26.1. The first-order chi connectivity index (χ1) is 9.75. The number of imide groups is 1. The quantitative estimate of drug-likeness (QED) is 0.783. The van der Waals surface area contributed by atoms with E-state index in [9.17, 15) is 9.59 Å². The number of rotatable bonds is 4. The van der Waals surface area contributed by atoms with Crippen LogP contribution in [-0.4, -0.2) is 48.6 Å². The zero-order valence-electron chi connectivity index (χ0n) is 12.0. The molecule has 3 fully saturated rings. The van der Waals surface area contributed by atoms with E-state index in [4.69, 9.17) is 4.74 Å². The molecule has 1 N–H and O–H groups in total. The first-order valence-corrected chi connectivity index (χ1v) is 7.92. The van der Waals surface area contributed by atoms with Crippen molar-refractivity contribution in [2.45, 2.75) is 57.0 Å². The van der Waals surface area contributed by atoms with E-state index >= 15 is 0 Å². The minimum Gasteiger partial charge on any atom is -0.381 e. The molecular formula is C15H24N2O3. The Labute approximate surface area is 120 Å². The SMILES string of the molecule is O=C1CC(NCC2CCOC2)C(=O)N1C1CCCCC1. The fourth-order valence-corrected chi connectivity index (χ4v) is 3.59. The summed E-state index contributed by atoms with van der Waals surface area (Å²) in [6, 6.07) is -0.143. The Morgan fingerprint density at radius 1 is 1.15 bits per heavy atom. The molecule has 20 heavy (non-hydrogen) atoms. The van der Waals surface area contributed by atoms with Gasteiger partial charge in [-0.15, -0.1) is 0 Å². The number of hydrogen-bond acceptors (Lipinski definition) is 4. The van der Waals surface area contributed by atoms with Crippen LogP contribution in [0.1, 0.15) is 44.9 Å². The van der Waals surface area contributed by atoms with Crippen molar-refractivity contribution in [3.63, 3.8) is 0 Å². The summed E-state index contributed by atoms with van der Waals surface area (Å²) < 4.78 is 5.33. The summed E-state index contributed by atoms with van der Waals surface area (Å²) in [6.45, 7) is 2.37. The second-order valence-electron chi connectivity index (χ2n) is 6.29. The molecule has 2 saturated heterocycles. The molecular weight excluding hydrogens is 256 g/mol. The number of likely N-dealkylation sites (tertiary alicyclic amines) is 1. The number of hydrogen-bond donors (Lipinski definition) is 1. The number of ether oxygens (including phenoxy) is 1. The molecule has 0 aromatic rings. The molecule has 1 saturated carbocycles. The summed E-state index contributed by atoms with van der Waals surface area (Å²) in [6.07, 6.45) is 6.87. The van der Waals surface area contributed by atoms with Crippen LogP contribution < -0.4 is 5.32 Å². The first kappa shape index (κ1) is 14.0. The largest absolute Gasteiger partial charge is 0.381 e. The summed E-state index contributed by atoms with van der Waals surface area (Å²) in [7, 11) is 0. The van der Waals surface area contributed by atoms with Gasteiger partial charge in [-0.2, -0.15) is 0 Å². The van der Waals surface area contributed by atoms with Gasteiger partial charge in [0, 0.05) is 19.2 Å². The molecule has 0 bridgehead atoms. The van der Waals surface area contributed by atoms with Gasteiger partial charge >= 0.3 is 0 Å². The normalized spacial score (nSPS) is 32.3. The van der Waals surface area contributed by atoms with E-state index in [-0.39, 0.29) is 23.9 Å². The topological polar surface area (TPSA) is 58.6 Å². The van der Waals surface area contributed by atoms with Crippen LogP contribution in [0.25, 0.3) is 0 Å². The Kier molecular flexibility index (Phi) is 4.36. The second-order valence-corrected chi connectivity index (χ2v) is 6.29. The smallest absolute Gasteiger partial charge is 0.247 e. The molecule has 2 amide bonds. The lowest BCUT2D eigenvalue weighted by molar-refractivity contribution is -0.142. The molecule has 2 atom stereocenters. The Hall–Kier alpha value is -0.940. The molecule has 5 nitrogen and oxygen atoms in total. The standard InChI is InChI=1S/C15H24N2O3/c18-14-8-13(16-9-11-6-7-20-10-11)15(19)17(14)12-4-2-1-3-5-12/h11-13,16H,1-10H2. The molecule has 0 radical (unpaired) electrons. The average molecular weight is 280 g/mol. The predicted molar refractivity (Wildman–Crippen MR) is 74.1 cm³/mol. The Balaban J connectivity index is 1.55. The van der Waals surface area contributed by atoms with Crippen LogP contribution in [0, 0.1) is 5.92 Å². The predicted octanol–water partition coefficient (Wildman–Crippen LogP) is 1.07. The van der Waals surface area contributed by atoms with Gasteiger partial charge in [-0.25, -0.2) is 0 Å². The maximum Gasteiger partial charge on any atom is 0.247 e. The average Bonchev–Trinajstić information content (AvgIpc) is 3.06. The summed E-state index contributed by atoms with van der Waals surface area (Å²) in [5.41, 5.74) is 0. The monoisotopic (exact) mass is 280 g/mol. The molecule has 2 aliphatic heterocycles.